The van der Waals surface area contributed by atoms with Gasteiger partial charge < -0.3 is 9.47 Å². The molecule has 3 rings (SSSR count). The van der Waals surface area contributed by atoms with E-state index >= 15 is 0 Å². The summed E-state index contributed by atoms with van der Waals surface area (Å²) in [5, 5.41) is 0. The number of rotatable bonds is 4. The number of carbonyl (C=O) groups is 1. The van der Waals surface area contributed by atoms with Gasteiger partial charge in [0.05, 0.1) is 25.2 Å². The summed E-state index contributed by atoms with van der Waals surface area (Å²) in [4.78, 5) is 12.0. The maximum Gasteiger partial charge on any atom is 0.309 e. The minimum absolute atomic E-state index is 0.163. The Hall–Kier alpha value is -1.61. The molecule has 0 fully saturated rings. The fourth-order valence-electron chi connectivity index (χ4n) is 3.39. The van der Waals surface area contributed by atoms with E-state index in [4.69, 9.17) is 9.47 Å². The molecule has 0 aromatic heterocycles. The van der Waals surface area contributed by atoms with Gasteiger partial charge in [0.15, 0.2) is 0 Å². The minimum atomic E-state index is -0.516. The van der Waals surface area contributed by atoms with E-state index in [2.05, 4.69) is 24.3 Å². The topological polar surface area (TPSA) is 35.5 Å². The van der Waals surface area contributed by atoms with Gasteiger partial charge >= 0.3 is 5.97 Å². The second-order valence-corrected chi connectivity index (χ2v) is 6.02. The molecule has 1 aromatic rings. The third kappa shape index (κ3) is 2.62. The monoisotopic (exact) mass is 286 g/mol. The molecule has 1 unspecified atom stereocenters. The molecule has 0 saturated carbocycles. The van der Waals surface area contributed by atoms with Crippen molar-refractivity contribution in [2.24, 2.45) is 0 Å². The van der Waals surface area contributed by atoms with E-state index in [9.17, 15) is 4.79 Å². The summed E-state index contributed by atoms with van der Waals surface area (Å²) in [7, 11) is 0. The third-order valence-electron chi connectivity index (χ3n) is 4.43. The molecule has 3 nitrogen and oxygen atoms in total. The summed E-state index contributed by atoms with van der Waals surface area (Å²) < 4.78 is 11.2. The molecule has 1 aromatic carbocycles. The fourth-order valence-corrected chi connectivity index (χ4v) is 3.39. The number of carbonyl (C=O) groups excluding carboxylic acids is 1. The van der Waals surface area contributed by atoms with Crippen LogP contribution in [0.2, 0.25) is 0 Å². The van der Waals surface area contributed by atoms with Crippen LogP contribution in [0.15, 0.2) is 29.8 Å². The smallest absolute Gasteiger partial charge is 0.309 e. The summed E-state index contributed by atoms with van der Waals surface area (Å²) in [5.74, 6) is -0.163. The van der Waals surface area contributed by atoms with Crippen LogP contribution in [-0.4, -0.2) is 24.8 Å². The van der Waals surface area contributed by atoms with Crippen molar-refractivity contribution in [3.8, 4) is 0 Å². The Morgan fingerprint density at radius 1 is 1.38 bits per heavy atom. The molecule has 0 N–H and O–H groups in total. The van der Waals surface area contributed by atoms with Crippen LogP contribution in [-0.2, 0) is 20.7 Å². The molecule has 0 saturated heterocycles. The number of ether oxygens (including phenoxy) is 2. The lowest BCUT2D eigenvalue weighted by Gasteiger charge is -2.35. The summed E-state index contributed by atoms with van der Waals surface area (Å²) in [6.45, 7) is 5.19. The van der Waals surface area contributed by atoms with Crippen LogP contribution in [0, 0.1) is 0 Å². The van der Waals surface area contributed by atoms with E-state index in [0.717, 1.165) is 19.3 Å². The Morgan fingerprint density at radius 2 is 2.19 bits per heavy atom. The molecular weight excluding hydrogens is 264 g/mol. The van der Waals surface area contributed by atoms with Crippen LogP contribution < -0.4 is 0 Å². The van der Waals surface area contributed by atoms with Gasteiger partial charge in [-0.05, 0) is 48.5 Å². The molecule has 21 heavy (non-hydrogen) atoms. The SMILES string of the molecule is CCCOC(=O)CC1(C)OCCC2=C1Cc1ccccc12. The Labute approximate surface area is 125 Å². The molecule has 1 atom stereocenters. The number of benzene rings is 1. The van der Waals surface area contributed by atoms with Gasteiger partial charge in [-0.15, -0.1) is 0 Å². The van der Waals surface area contributed by atoms with Crippen molar-refractivity contribution in [2.75, 3.05) is 13.2 Å². The maximum absolute atomic E-state index is 12.0. The maximum atomic E-state index is 12.0. The summed E-state index contributed by atoms with van der Waals surface area (Å²) >= 11 is 0. The van der Waals surface area contributed by atoms with Gasteiger partial charge in [-0.1, -0.05) is 31.2 Å². The van der Waals surface area contributed by atoms with E-state index < -0.39 is 5.60 Å². The number of hydrogen-bond acceptors (Lipinski definition) is 3. The van der Waals surface area contributed by atoms with E-state index in [1.807, 2.05) is 13.8 Å². The lowest BCUT2D eigenvalue weighted by Crippen LogP contribution is -2.38. The molecule has 1 heterocycles. The van der Waals surface area contributed by atoms with E-state index in [1.165, 1.54) is 22.3 Å². The van der Waals surface area contributed by atoms with Crippen LogP contribution in [0.4, 0.5) is 0 Å². The zero-order valence-electron chi connectivity index (χ0n) is 12.8. The summed E-state index contributed by atoms with van der Waals surface area (Å²) in [5.41, 5.74) is 4.81. The second-order valence-electron chi connectivity index (χ2n) is 6.02. The standard InChI is InChI=1S/C18H22O3/c1-3-9-20-17(19)12-18(2)16-11-13-6-4-5-7-14(13)15(16)8-10-21-18/h4-7H,3,8-12H2,1-2H3. The zero-order chi connectivity index (χ0) is 14.9. The van der Waals surface area contributed by atoms with Crippen molar-refractivity contribution in [2.45, 2.75) is 45.1 Å². The molecule has 1 aliphatic heterocycles. The molecule has 0 spiro atoms. The highest BCUT2D eigenvalue weighted by atomic mass is 16.5. The lowest BCUT2D eigenvalue weighted by molar-refractivity contribution is -0.149. The molecule has 1 aliphatic carbocycles. The van der Waals surface area contributed by atoms with Gasteiger partial charge in [-0.3, -0.25) is 4.79 Å². The molecule has 0 amide bonds. The highest BCUT2D eigenvalue weighted by molar-refractivity contribution is 5.80. The van der Waals surface area contributed by atoms with Gasteiger partial charge in [-0.25, -0.2) is 0 Å². The van der Waals surface area contributed by atoms with Gasteiger partial charge in [0, 0.05) is 0 Å². The van der Waals surface area contributed by atoms with Gasteiger partial charge in [0.2, 0.25) is 0 Å². The van der Waals surface area contributed by atoms with Crippen molar-refractivity contribution >= 4 is 11.5 Å². The summed E-state index contributed by atoms with van der Waals surface area (Å²) in [6.07, 6.45) is 2.98. The molecule has 2 aliphatic rings. The van der Waals surface area contributed by atoms with Crippen molar-refractivity contribution in [3.63, 3.8) is 0 Å². The molecule has 0 bridgehead atoms. The predicted octanol–water partition coefficient (Wildman–Crippen LogP) is 3.52. The molecule has 0 radical (unpaired) electrons. The quantitative estimate of drug-likeness (QED) is 0.794. The Balaban J connectivity index is 1.84. The van der Waals surface area contributed by atoms with Gasteiger partial charge in [-0.2, -0.15) is 0 Å². The van der Waals surface area contributed by atoms with E-state index in [1.54, 1.807) is 0 Å². The van der Waals surface area contributed by atoms with Crippen LogP contribution in [0.5, 0.6) is 0 Å². The van der Waals surface area contributed by atoms with Crippen LogP contribution in [0.1, 0.15) is 44.2 Å². The minimum Gasteiger partial charge on any atom is -0.466 e. The molecule has 112 valence electrons. The Kier molecular flexibility index (Phi) is 3.85. The van der Waals surface area contributed by atoms with Crippen molar-refractivity contribution in [3.05, 3.63) is 41.0 Å². The van der Waals surface area contributed by atoms with Crippen LogP contribution >= 0.6 is 0 Å². The first-order valence-electron chi connectivity index (χ1n) is 7.74. The highest BCUT2D eigenvalue weighted by Crippen LogP contribution is 2.45. The molecule has 3 heteroatoms. The number of hydrogen-bond donors (Lipinski definition) is 0. The van der Waals surface area contributed by atoms with Crippen molar-refractivity contribution < 1.29 is 14.3 Å². The average molecular weight is 286 g/mol. The normalized spacial score (nSPS) is 23.7. The summed E-state index contributed by atoms with van der Waals surface area (Å²) in [6, 6.07) is 8.50. The van der Waals surface area contributed by atoms with Crippen LogP contribution in [0.3, 0.4) is 0 Å². The third-order valence-corrected chi connectivity index (χ3v) is 4.43. The Morgan fingerprint density at radius 3 is 3.00 bits per heavy atom. The molecular formula is C18H22O3. The highest BCUT2D eigenvalue weighted by Gasteiger charge is 2.41. The number of fused-ring (bicyclic) bond motifs is 2. The average Bonchev–Trinajstić information content (AvgIpc) is 2.86. The first-order chi connectivity index (χ1) is 10.1. The first-order valence-corrected chi connectivity index (χ1v) is 7.74. The van der Waals surface area contributed by atoms with Crippen LogP contribution in [0.25, 0.3) is 5.57 Å². The fraction of sp³-hybridized carbons (Fsp3) is 0.500. The van der Waals surface area contributed by atoms with E-state index in [-0.39, 0.29) is 5.97 Å². The van der Waals surface area contributed by atoms with E-state index in [0.29, 0.717) is 19.6 Å². The largest absolute Gasteiger partial charge is 0.466 e. The first kappa shape index (κ1) is 14.3. The van der Waals surface area contributed by atoms with Crippen molar-refractivity contribution in [1.29, 1.82) is 0 Å². The van der Waals surface area contributed by atoms with Gasteiger partial charge in [0.1, 0.15) is 0 Å². The Bertz CT molecular complexity index is 588. The van der Waals surface area contributed by atoms with Gasteiger partial charge in [0.25, 0.3) is 0 Å². The zero-order valence-corrected chi connectivity index (χ0v) is 12.8. The lowest BCUT2D eigenvalue weighted by atomic mass is 9.85. The van der Waals surface area contributed by atoms with Crippen molar-refractivity contribution in [1.82, 2.24) is 0 Å². The predicted molar refractivity (Wildman–Crippen MR) is 81.9 cm³/mol. The second kappa shape index (κ2) is 5.64. The number of esters is 1.